The van der Waals surface area contributed by atoms with Crippen molar-refractivity contribution in [2.24, 2.45) is 4.99 Å². The van der Waals surface area contributed by atoms with E-state index in [1.54, 1.807) is 23.5 Å². The van der Waals surface area contributed by atoms with Gasteiger partial charge in [-0.15, -0.1) is 11.3 Å². The maximum absolute atomic E-state index is 10.8. The predicted octanol–water partition coefficient (Wildman–Crippen LogP) is 4.02. The normalized spacial score (nSPS) is 18.0. The average Bonchev–Trinajstić information content (AvgIpc) is 3.42. The Kier molecular flexibility index (Phi) is 7.39. The Morgan fingerprint density at radius 1 is 1.39 bits per heavy atom. The fourth-order valence-corrected chi connectivity index (χ4v) is 3.95. The third-order valence-corrected chi connectivity index (χ3v) is 5.68. The largest absolute Gasteiger partial charge is 0.376 e. The van der Waals surface area contributed by atoms with Gasteiger partial charge in [-0.05, 0) is 36.3 Å². The Morgan fingerprint density at radius 3 is 2.82 bits per heavy atom. The third-order valence-electron chi connectivity index (χ3n) is 4.69. The topological polar surface area (TPSA) is 88.8 Å². The van der Waals surface area contributed by atoms with Crippen molar-refractivity contribution in [1.82, 2.24) is 10.6 Å². The van der Waals surface area contributed by atoms with Crippen molar-refractivity contribution >= 4 is 23.0 Å². The molecule has 1 aliphatic rings. The number of hydrogen-bond acceptors (Lipinski definition) is 5. The zero-order valence-electron chi connectivity index (χ0n) is 16.0. The van der Waals surface area contributed by atoms with E-state index in [0.717, 1.165) is 37.4 Å². The molecule has 28 heavy (non-hydrogen) atoms. The molecule has 8 heteroatoms. The van der Waals surface area contributed by atoms with Crippen molar-refractivity contribution in [2.45, 2.75) is 44.9 Å². The number of nitro groups is 1. The first-order valence-electron chi connectivity index (χ1n) is 9.59. The van der Waals surface area contributed by atoms with Crippen molar-refractivity contribution < 1.29 is 9.66 Å². The van der Waals surface area contributed by atoms with Crippen molar-refractivity contribution in [3.05, 3.63) is 62.3 Å². The van der Waals surface area contributed by atoms with E-state index < -0.39 is 4.92 Å². The molecule has 0 aliphatic carbocycles. The molecule has 1 fully saturated rings. The standard InChI is InChI=1S/C20H26N4O3S/c1-2-18(19-6-4-12-28-19)23-20(22-14-17-5-3-11-27-17)21-13-15-7-9-16(10-8-15)24(25)26/h4,6-10,12,17-18H,2-3,5,11,13-14H2,1H3,(H2,21,22,23). The highest BCUT2D eigenvalue weighted by molar-refractivity contribution is 7.10. The summed E-state index contributed by atoms with van der Waals surface area (Å²) in [6.45, 7) is 4.12. The molecule has 1 saturated heterocycles. The number of non-ortho nitro benzene ring substituents is 1. The summed E-state index contributed by atoms with van der Waals surface area (Å²) in [7, 11) is 0. The molecule has 2 aromatic rings. The van der Waals surface area contributed by atoms with Crippen LogP contribution >= 0.6 is 11.3 Å². The van der Waals surface area contributed by atoms with Crippen LogP contribution in [0.4, 0.5) is 5.69 Å². The fourth-order valence-electron chi connectivity index (χ4n) is 3.09. The van der Waals surface area contributed by atoms with Gasteiger partial charge in [-0.1, -0.05) is 25.1 Å². The number of aliphatic imine (C=N–C) groups is 1. The van der Waals surface area contributed by atoms with Crippen LogP contribution in [-0.4, -0.2) is 30.1 Å². The molecule has 0 spiro atoms. The molecule has 2 atom stereocenters. The van der Waals surface area contributed by atoms with Gasteiger partial charge in [0.1, 0.15) is 0 Å². The van der Waals surface area contributed by atoms with Gasteiger partial charge in [0.05, 0.1) is 23.6 Å². The minimum absolute atomic E-state index is 0.0892. The van der Waals surface area contributed by atoms with Gasteiger partial charge in [-0.3, -0.25) is 10.1 Å². The van der Waals surface area contributed by atoms with E-state index in [1.807, 2.05) is 0 Å². The molecule has 2 unspecified atom stereocenters. The van der Waals surface area contributed by atoms with Crippen LogP contribution in [0.25, 0.3) is 0 Å². The van der Waals surface area contributed by atoms with Crippen molar-refractivity contribution in [3.8, 4) is 0 Å². The lowest BCUT2D eigenvalue weighted by molar-refractivity contribution is -0.384. The van der Waals surface area contributed by atoms with E-state index in [4.69, 9.17) is 9.73 Å². The van der Waals surface area contributed by atoms with Crippen LogP contribution in [0.1, 0.15) is 42.7 Å². The minimum Gasteiger partial charge on any atom is -0.376 e. The average molecular weight is 403 g/mol. The van der Waals surface area contributed by atoms with Crippen LogP contribution in [0, 0.1) is 10.1 Å². The highest BCUT2D eigenvalue weighted by Crippen LogP contribution is 2.21. The van der Waals surface area contributed by atoms with Gasteiger partial charge in [-0.25, -0.2) is 4.99 Å². The van der Waals surface area contributed by atoms with Crippen LogP contribution in [0.5, 0.6) is 0 Å². The molecule has 1 aliphatic heterocycles. The number of hydrogen-bond donors (Lipinski definition) is 2. The Morgan fingerprint density at radius 2 is 2.21 bits per heavy atom. The Balaban J connectivity index is 1.68. The number of rotatable bonds is 8. The maximum Gasteiger partial charge on any atom is 0.269 e. The second kappa shape index (κ2) is 10.2. The minimum atomic E-state index is -0.393. The highest BCUT2D eigenvalue weighted by atomic mass is 32.1. The predicted molar refractivity (Wildman–Crippen MR) is 112 cm³/mol. The zero-order valence-corrected chi connectivity index (χ0v) is 16.8. The Labute approximate surface area is 169 Å². The summed E-state index contributed by atoms with van der Waals surface area (Å²) in [5.74, 6) is 0.731. The number of nitro benzene ring substituents is 1. The summed E-state index contributed by atoms with van der Waals surface area (Å²) in [6.07, 6.45) is 3.32. The summed E-state index contributed by atoms with van der Waals surface area (Å²) in [6, 6.07) is 10.9. The van der Waals surface area contributed by atoms with E-state index in [2.05, 4.69) is 35.1 Å². The van der Waals surface area contributed by atoms with Gasteiger partial charge in [0.25, 0.3) is 5.69 Å². The van der Waals surface area contributed by atoms with Crippen LogP contribution in [0.2, 0.25) is 0 Å². The molecule has 150 valence electrons. The van der Waals surface area contributed by atoms with Crippen LogP contribution < -0.4 is 10.6 Å². The monoisotopic (exact) mass is 402 g/mol. The van der Waals surface area contributed by atoms with E-state index in [9.17, 15) is 10.1 Å². The first kappa shape index (κ1) is 20.3. The zero-order chi connectivity index (χ0) is 19.8. The van der Waals surface area contributed by atoms with Crippen molar-refractivity contribution in [3.63, 3.8) is 0 Å². The van der Waals surface area contributed by atoms with Gasteiger partial charge < -0.3 is 15.4 Å². The number of guanidine groups is 1. The van der Waals surface area contributed by atoms with E-state index in [0.29, 0.717) is 13.1 Å². The lowest BCUT2D eigenvalue weighted by Crippen LogP contribution is -2.42. The molecule has 2 heterocycles. The summed E-state index contributed by atoms with van der Waals surface area (Å²) >= 11 is 1.73. The van der Waals surface area contributed by atoms with Crippen LogP contribution in [0.3, 0.4) is 0 Å². The molecule has 0 bridgehead atoms. The second-order valence-corrected chi connectivity index (χ2v) is 7.70. The maximum atomic E-state index is 10.8. The molecule has 0 saturated carbocycles. The van der Waals surface area contributed by atoms with Crippen LogP contribution in [0.15, 0.2) is 46.8 Å². The van der Waals surface area contributed by atoms with Gasteiger partial charge in [-0.2, -0.15) is 0 Å². The Bertz CT molecular complexity index is 771. The Hall–Kier alpha value is -2.45. The van der Waals surface area contributed by atoms with Crippen molar-refractivity contribution in [1.29, 1.82) is 0 Å². The molecule has 3 rings (SSSR count). The summed E-state index contributed by atoms with van der Waals surface area (Å²) < 4.78 is 5.70. The van der Waals surface area contributed by atoms with E-state index in [1.165, 1.54) is 17.0 Å². The number of benzene rings is 1. The SMILES string of the molecule is CCC(NC(=NCc1ccc([N+](=O)[O-])cc1)NCC1CCCO1)c1cccs1. The third kappa shape index (κ3) is 5.77. The molecule has 0 radical (unpaired) electrons. The lowest BCUT2D eigenvalue weighted by atomic mass is 10.2. The summed E-state index contributed by atoms with van der Waals surface area (Å²) in [5.41, 5.74) is 1.01. The molecule has 1 aromatic carbocycles. The molecule has 0 amide bonds. The molecule has 1 aromatic heterocycles. The molecule has 7 nitrogen and oxygen atoms in total. The quantitative estimate of drug-likeness (QED) is 0.301. The summed E-state index contributed by atoms with van der Waals surface area (Å²) in [5, 5.41) is 19.8. The number of nitrogens with zero attached hydrogens (tertiary/aromatic N) is 2. The van der Waals surface area contributed by atoms with Gasteiger partial charge in [0.15, 0.2) is 5.96 Å². The van der Waals surface area contributed by atoms with Gasteiger partial charge >= 0.3 is 0 Å². The number of thiophene rings is 1. The molecular formula is C20H26N4O3S. The van der Waals surface area contributed by atoms with E-state index >= 15 is 0 Å². The molecule has 2 N–H and O–H groups in total. The second-order valence-electron chi connectivity index (χ2n) is 6.72. The van der Waals surface area contributed by atoms with E-state index in [-0.39, 0.29) is 17.8 Å². The fraction of sp³-hybridized carbons (Fsp3) is 0.450. The first-order chi connectivity index (χ1) is 13.7. The van der Waals surface area contributed by atoms with Gasteiger partial charge in [0.2, 0.25) is 0 Å². The molecular weight excluding hydrogens is 376 g/mol. The smallest absolute Gasteiger partial charge is 0.269 e. The lowest BCUT2D eigenvalue weighted by Gasteiger charge is -2.21. The summed E-state index contributed by atoms with van der Waals surface area (Å²) in [4.78, 5) is 16.4. The first-order valence-corrected chi connectivity index (χ1v) is 10.5. The highest BCUT2D eigenvalue weighted by Gasteiger charge is 2.17. The number of ether oxygens (including phenoxy) is 1. The van der Waals surface area contributed by atoms with Crippen molar-refractivity contribution in [2.75, 3.05) is 13.2 Å². The van der Waals surface area contributed by atoms with Crippen LogP contribution in [-0.2, 0) is 11.3 Å². The van der Waals surface area contributed by atoms with Gasteiger partial charge in [0, 0.05) is 30.2 Å². The number of nitrogens with one attached hydrogen (secondary N) is 2.